The van der Waals surface area contributed by atoms with Gasteiger partial charge in [0.2, 0.25) is 5.91 Å². The first-order valence-electron chi connectivity index (χ1n) is 12.0. The minimum absolute atomic E-state index is 0.0339. The Morgan fingerprint density at radius 3 is 2.55 bits per heavy atom. The van der Waals surface area contributed by atoms with E-state index in [1.54, 1.807) is 0 Å². The van der Waals surface area contributed by atoms with E-state index in [4.69, 9.17) is 9.73 Å². The number of hydrogen-bond acceptors (Lipinski definition) is 4. The predicted molar refractivity (Wildman–Crippen MR) is 133 cm³/mol. The second kappa shape index (κ2) is 7.45. The highest BCUT2D eigenvalue weighted by Crippen LogP contribution is 2.55. The maximum atomic E-state index is 13.7. The number of benzene rings is 1. The van der Waals surface area contributed by atoms with Crippen LogP contribution < -0.4 is 15.0 Å². The van der Waals surface area contributed by atoms with Gasteiger partial charge in [0.25, 0.3) is 0 Å². The molecule has 0 saturated heterocycles. The summed E-state index contributed by atoms with van der Waals surface area (Å²) in [5.41, 5.74) is 2.47. The number of nitrogens with zero attached hydrogens (tertiary/aromatic N) is 3. The SMILES string of the molecule is CC1(C)C2=C(CN1C(=O)N1CCOc3ccccc31)C(NC(=O)C1([Si](C)(C)C)CCC1)=NC2. The van der Waals surface area contributed by atoms with Crippen LogP contribution in [0.25, 0.3) is 0 Å². The number of ether oxygens (including phenoxy) is 1. The van der Waals surface area contributed by atoms with Crippen molar-refractivity contribution in [3.63, 3.8) is 0 Å². The third-order valence-electron chi connectivity index (χ3n) is 8.27. The zero-order chi connectivity index (χ0) is 23.6. The number of rotatable bonds is 2. The molecular formula is C25H34N4O3Si. The molecule has 7 nitrogen and oxygen atoms in total. The molecule has 0 atom stereocenters. The van der Waals surface area contributed by atoms with Gasteiger partial charge in [0.15, 0.2) is 0 Å². The van der Waals surface area contributed by atoms with Crippen LogP contribution in [-0.2, 0) is 4.79 Å². The number of anilines is 1. The predicted octanol–water partition coefficient (Wildman–Crippen LogP) is 4.19. The molecule has 0 unspecified atom stereocenters. The van der Waals surface area contributed by atoms with Gasteiger partial charge in [0, 0.05) is 10.6 Å². The normalized spacial score (nSPS) is 22.8. The van der Waals surface area contributed by atoms with Gasteiger partial charge in [-0.05, 0) is 44.4 Å². The first-order chi connectivity index (χ1) is 15.6. The zero-order valence-electron chi connectivity index (χ0n) is 20.3. The second-order valence-corrected chi connectivity index (χ2v) is 16.6. The fraction of sp³-hybridized carbons (Fsp3) is 0.560. The molecular weight excluding hydrogens is 432 g/mol. The molecule has 5 rings (SSSR count). The van der Waals surface area contributed by atoms with Gasteiger partial charge in [-0.2, -0.15) is 0 Å². The lowest BCUT2D eigenvalue weighted by Gasteiger charge is -2.49. The Morgan fingerprint density at radius 1 is 1.15 bits per heavy atom. The number of para-hydroxylation sites is 2. The Morgan fingerprint density at radius 2 is 1.88 bits per heavy atom. The number of nitrogens with one attached hydrogen (secondary N) is 1. The average molecular weight is 467 g/mol. The number of fused-ring (bicyclic) bond motifs is 1. The minimum Gasteiger partial charge on any atom is -0.490 e. The summed E-state index contributed by atoms with van der Waals surface area (Å²) in [6.07, 6.45) is 3.06. The molecule has 4 aliphatic rings. The topological polar surface area (TPSA) is 74.2 Å². The maximum Gasteiger partial charge on any atom is 0.325 e. The van der Waals surface area contributed by atoms with Crippen LogP contribution in [0.4, 0.5) is 10.5 Å². The molecule has 1 saturated carbocycles. The highest BCUT2D eigenvalue weighted by molar-refractivity contribution is 6.82. The van der Waals surface area contributed by atoms with Crippen LogP contribution in [-0.4, -0.2) is 62.5 Å². The van der Waals surface area contributed by atoms with Gasteiger partial charge >= 0.3 is 6.03 Å². The molecule has 0 spiro atoms. The Hall–Kier alpha value is -2.61. The van der Waals surface area contributed by atoms with E-state index in [-0.39, 0.29) is 17.0 Å². The molecule has 3 amide bonds. The molecule has 1 N–H and O–H groups in total. The highest BCUT2D eigenvalue weighted by Gasteiger charge is 2.54. The monoisotopic (exact) mass is 466 g/mol. The lowest BCUT2D eigenvalue weighted by molar-refractivity contribution is -0.125. The molecule has 33 heavy (non-hydrogen) atoms. The molecule has 1 aromatic carbocycles. The quantitative estimate of drug-likeness (QED) is 0.664. The molecule has 3 aliphatic heterocycles. The van der Waals surface area contributed by atoms with Gasteiger partial charge in [-0.15, -0.1) is 0 Å². The summed E-state index contributed by atoms with van der Waals surface area (Å²) in [6, 6.07) is 7.64. The number of hydrogen-bond donors (Lipinski definition) is 1. The van der Waals surface area contributed by atoms with Crippen LogP contribution in [0.1, 0.15) is 33.1 Å². The lowest BCUT2D eigenvalue weighted by atomic mass is 9.83. The molecule has 0 aromatic heterocycles. The number of aliphatic imine (C=N–C) groups is 1. The highest BCUT2D eigenvalue weighted by atomic mass is 28.3. The number of carbonyl (C=O) groups excluding carboxylic acids is 2. The van der Waals surface area contributed by atoms with Crippen LogP contribution >= 0.6 is 0 Å². The van der Waals surface area contributed by atoms with Crippen molar-refractivity contribution in [2.24, 2.45) is 4.99 Å². The van der Waals surface area contributed by atoms with E-state index in [1.165, 1.54) is 0 Å². The van der Waals surface area contributed by atoms with E-state index in [0.29, 0.717) is 32.1 Å². The smallest absolute Gasteiger partial charge is 0.325 e. The van der Waals surface area contributed by atoms with Crippen molar-refractivity contribution < 1.29 is 14.3 Å². The zero-order valence-corrected chi connectivity index (χ0v) is 21.3. The van der Waals surface area contributed by atoms with Crippen molar-refractivity contribution in [2.75, 3.05) is 31.1 Å². The summed E-state index contributed by atoms with van der Waals surface area (Å²) in [6.45, 7) is 13.0. The van der Waals surface area contributed by atoms with Crippen molar-refractivity contribution in [1.82, 2.24) is 10.2 Å². The van der Waals surface area contributed by atoms with Gasteiger partial charge in [0.1, 0.15) is 18.2 Å². The van der Waals surface area contributed by atoms with E-state index in [9.17, 15) is 9.59 Å². The first kappa shape index (κ1) is 22.2. The van der Waals surface area contributed by atoms with Crippen molar-refractivity contribution >= 4 is 31.5 Å². The van der Waals surface area contributed by atoms with E-state index >= 15 is 0 Å². The van der Waals surface area contributed by atoms with E-state index in [2.05, 4.69) is 38.8 Å². The number of amidine groups is 1. The molecule has 0 bridgehead atoms. The van der Waals surface area contributed by atoms with Crippen LogP contribution in [0.5, 0.6) is 5.75 Å². The van der Waals surface area contributed by atoms with E-state index < -0.39 is 13.6 Å². The van der Waals surface area contributed by atoms with Crippen molar-refractivity contribution in [3.05, 3.63) is 35.4 Å². The Labute approximate surface area is 196 Å². The summed E-state index contributed by atoms with van der Waals surface area (Å²) in [5.74, 6) is 1.54. The van der Waals surface area contributed by atoms with Crippen LogP contribution in [0.3, 0.4) is 0 Å². The van der Waals surface area contributed by atoms with Crippen LogP contribution in [0.2, 0.25) is 24.7 Å². The minimum atomic E-state index is -1.67. The summed E-state index contributed by atoms with van der Waals surface area (Å²) >= 11 is 0. The second-order valence-electron chi connectivity index (χ2n) is 11.2. The van der Waals surface area contributed by atoms with Gasteiger partial charge in [-0.1, -0.05) is 38.2 Å². The van der Waals surface area contributed by atoms with Crippen molar-refractivity contribution in [2.45, 2.75) is 63.3 Å². The summed E-state index contributed by atoms with van der Waals surface area (Å²) in [4.78, 5) is 35.6. The molecule has 1 aromatic rings. The third kappa shape index (κ3) is 3.25. The molecule has 0 radical (unpaired) electrons. The molecule has 1 fully saturated rings. The fourth-order valence-electron chi connectivity index (χ4n) is 5.75. The van der Waals surface area contributed by atoms with Gasteiger partial charge in [-0.3, -0.25) is 14.7 Å². The lowest BCUT2D eigenvalue weighted by Crippen LogP contribution is -2.55. The Bertz CT molecular complexity index is 1080. The van der Waals surface area contributed by atoms with Crippen LogP contribution in [0, 0.1) is 0 Å². The van der Waals surface area contributed by atoms with E-state index in [1.807, 2.05) is 34.1 Å². The molecule has 3 heterocycles. The Balaban J connectivity index is 1.36. The van der Waals surface area contributed by atoms with Gasteiger partial charge < -0.3 is 15.0 Å². The van der Waals surface area contributed by atoms with Gasteiger partial charge in [0.05, 0.1) is 38.9 Å². The largest absolute Gasteiger partial charge is 0.490 e. The third-order valence-corrected chi connectivity index (χ3v) is 11.9. The average Bonchev–Trinajstić information content (AvgIpc) is 3.23. The van der Waals surface area contributed by atoms with Crippen LogP contribution in [0.15, 0.2) is 40.4 Å². The Kier molecular flexibility index (Phi) is 5.01. The summed E-state index contributed by atoms with van der Waals surface area (Å²) in [5, 5.41) is 3.00. The van der Waals surface area contributed by atoms with Crippen molar-refractivity contribution in [3.8, 4) is 5.75 Å². The maximum absolute atomic E-state index is 13.7. The van der Waals surface area contributed by atoms with Crippen molar-refractivity contribution in [1.29, 1.82) is 0 Å². The van der Waals surface area contributed by atoms with Gasteiger partial charge in [-0.25, -0.2) is 4.79 Å². The first-order valence-corrected chi connectivity index (χ1v) is 15.5. The van der Waals surface area contributed by atoms with E-state index in [0.717, 1.165) is 41.8 Å². The standard InChI is InChI=1S/C25H34N4O3Si/c1-24(2)18-15-26-21(27-22(30)25(11-8-12-25)33(3,4)5)17(18)16-29(24)23(31)28-13-14-32-20-10-7-6-9-19(20)28/h6-7,9-10H,8,11-16H2,1-5H3,(H,26,27,30). The number of carbonyl (C=O) groups is 2. The molecule has 176 valence electrons. The molecule has 1 aliphatic carbocycles. The number of amides is 3. The fourth-order valence-corrected chi connectivity index (χ4v) is 8.35. The summed E-state index contributed by atoms with van der Waals surface area (Å²) < 4.78 is 5.74. The summed E-state index contributed by atoms with van der Waals surface area (Å²) in [7, 11) is -1.67. The number of urea groups is 1. The molecule has 8 heteroatoms.